The Kier molecular flexibility index (Phi) is 4.57. The fraction of sp³-hybridized carbons (Fsp3) is 0.176. The molecule has 0 radical (unpaired) electrons. The highest BCUT2D eigenvalue weighted by Gasteiger charge is 2.05. The van der Waals surface area contributed by atoms with Gasteiger partial charge in [-0.25, -0.2) is 4.79 Å². The van der Waals surface area contributed by atoms with Crippen molar-refractivity contribution in [3.8, 4) is 6.07 Å². The summed E-state index contributed by atoms with van der Waals surface area (Å²) in [7, 11) is 1.37. The van der Waals surface area contributed by atoms with E-state index in [0.717, 1.165) is 24.0 Å². The van der Waals surface area contributed by atoms with Crippen molar-refractivity contribution < 1.29 is 9.53 Å². The van der Waals surface area contributed by atoms with Crippen LogP contribution in [0.3, 0.4) is 0 Å². The molecule has 0 atom stereocenters. The van der Waals surface area contributed by atoms with Crippen LogP contribution >= 0.6 is 0 Å². The van der Waals surface area contributed by atoms with E-state index < -0.39 is 0 Å². The second-order valence-electron chi connectivity index (χ2n) is 4.72. The number of ether oxygens (including phenoxy) is 1. The minimum Gasteiger partial charge on any atom is -0.465 e. The van der Waals surface area contributed by atoms with E-state index in [1.807, 2.05) is 24.3 Å². The Bertz CT molecular complexity index is 685. The molecule has 0 bridgehead atoms. The zero-order chi connectivity index (χ0) is 15.2. The van der Waals surface area contributed by atoms with E-state index in [0.29, 0.717) is 16.8 Å². The minimum atomic E-state index is -0.334. The van der Waals surface area contributed by atoms with Crippen LogP contribution in [-0.2, 0) is 17.6 Å². The summed E-state index contributed by atoms with van der Waals surface area (Å²) in [5, 5.41) is 8.96. The van der Waals surface area contributed by atoms with Crippen molar-refractivity contribution in [2.45, 2.75) is 12.8 Å². The zero-order valence-corrected chi connectivity index (χ0v) is 11.8. The van der Waals surface area contributed by atoms with E-state index in [1.165, 1.54) is 7.11 Å². The van der Waals surface area contributed by atoms with Crippen LogP contribution in [0.2, 0.25) is 0 Å². The Morgan fingerprint density at radius 1 is 1.14 bits per heavy atom. The predicted octanol–water partition coefficient (Wildman–Crippen LogP) is 2.71. The molecule has 0 saturated heterocycles. The van der Waals surface area contributed by atoms with Crippen LogP contribution < -0.4 is 5.73 Å². The average molecular weight is 280 g/mol. The van der Waals surface area contributed by atoms with Gasteiger partial charge in [0.05, 0.1) is 18.2 Å². The number of hydrogen-bond acceptors (Lipinski definition) is 4. The van der Waals surface area contributed by atoms with Crippen LogP contribution in [0.4, 0.5) is 5.69 Å². The number of anilines is 1. The predicted molar refractivity (Wildman–Crippen MR) is 80.8 cm³/mol. The highest BCUT2D eigenvalue weighted by atomic mass is 16.5. The molecule has 4 heteroatoms. The number of nitrogens with zero attached hydrogens (tertiary/aromatic N) is 1. The van der Waals surface area contributed by atoms with E-state index in [2.05, 4.69) is 10.8 Å². The molecule has 0 aliphatic carbocycles. The Balaban J connectivity index is 2.03. The van der Waals surface area contributed by atoms with E-state index in [1.54, 1.807) is 18.2 Å². The smallest absolute Gasteiger partial charge is 0.337 e. The Hall–Kier alpha value is -2.80. The number of nitrogens with two attached hydrogens (primary N) is 1. The third-order valence-electron chi connectivity index (χ3n) is 3.32. The number of carbonyl (C=O) groups is 1. The number of nitrogen functional groups attached to an aromatic ring is 1. The molecule has 106 valence electrons. The Morgan fingerprint density at radius 3 is 2.38 bits per heavy atom. The van der Waals surface area contributed by atoms with Gasteiger partial charge >= 0.3 is 5.97 Å². The maximum absolute atomic E-state index is 11.3. The van der Waals surface area contributed by atoms with Gasteiger partial charge in [0.25, 0.3) is 0 Å². The third kappa shape index (κ3) is 3.61. The maximum Gasteiger partial charge on any atom is 0.337 e. The van der Waals surface area contributed by atoms with Crippen molar-refractivity contribution in [3.63, 3.8) is 0 Å². The molecule has 0 saturated carbocycles. The number of hydrogen-bond donors (Lipinski definition) is 1. The van der Waals surface area contributed by atoms with Gasteiger partial charge in [-0.1, -0.05) is 18.2 Å². The van der Waals surface area contributed by atoms with Gasteiger partial charge in [0, 0.05) is 5.69 Å². The molecule has 0 amide bonds. The lowest BCUT2D eigenvalue weighted by Gasteiger charge is -2.05. The van der Waals surface area contributed by atoms with Crippen LogP contribution in [0.5, 0.6) is 0 Å². The van der Waals surface area contributed by atoms with Crippen molar-refractivity contribution >= 4 is 11.7 Å². The van der Waals surface area contributed by atoms with E-state index in [4.69, 9.17) is 11.0 Å². The molecule has 2 rings (SSSR count). The number of aryl methyl sites for hydroxylation is 2. The number of methoxy groups -OCH3 is 1. The highest BCUT2D eigenvalue weighted by Crippen LogP contribution is 2.15. The fourth-order valence-electron chi connectivity index (χ4n) is 2.07. The highest BCUT2D eigenvalue weighted by molar-refractivity contribution is 5.89. The SMILES string of the molecule is COC(=O)c1ccc(CCc2ccc(N)c(C#N)c2)cc1. The van der Waals surface area contributed by atoms with Crippen molar-refractivity contribution in [3.05, 3.63) is 64.7 Å². The first-order valence-corrected chi connectivity index (χ1v) is 6.60. The van der Waals surface area contributed by atoms with Crippen LogP contribution in [0.25, 0.3) is 0 Å². The van der Waals surface area contributed by atoms with Crippen LogP contribution in [0, 0.1) is 11.3 Å². The molecule has 0 heterocycles. The Labute approximate surface area is 123 Å². The maximum atomic E-state index is 11.3. The largest absolute Gasteiger partial charge is 0.465 e. The van der Waals surface area contributed by atoms with E-state index in [-0.39, 0.29) is 5.97 Å². The Morgan fingerprint density at radius 2 is 1.76 bits per heavy atom. The zero-order valence-electron chi connectivity index (χ0n) is 11.8. The summed E-state index contributed by atoms with van der Waals surface area (Å²) in [5.74, 6) is -0.334. The van der Waals surface area contributed by atoms with Gasteiger partial charge in [-0.05, 0) is 48.2 Å². The molecular formula is C17H16N2O2. The quantitative estimate of drug-likeness (QED) is 0.690. The number of benzene rings is 2. The first kappa shape index (κ1) is 14.6. The topological polar surface area (TPSA) is 76.1 Å². The summed E-state index contributed by atoms with van der Waals surface area (Å²) < 4.78 is 4.66. The van der Waals surface area contributed by atoms with Gasteiger partial charge < -0.3 is 10.5 Å². The molecule has 2 aromatic carbocycles. The minimum absolute atomic E-state index is 0.334. The summed E-state index contributed by atoms with van der Waals surface area (Å²) in [6.45, 7) is 0. The van der Waals surface area contributed by atoms with Crippen LogP contribution in [0.1, 0.15) is 27.0 Å². The summed E-state index contributed by atoms with van der Waals surface area (Å²) in [6, 6.07) is 14.9. The third-order valence-corrected chi connectivity index (χ3v) is 3.32. The first-order chi connectivity index (χ1) is 10.1. The van der Waals surface area contributed by atoms with E-state index in [9.17, 15) is 4.79 Å². The number of rotatable bonds is 4. The molecule has 2 aromatic rings. The van der Waals surface area contributed by atoms with Gasteiger partial charge in [0.2, 0.25) is 0 Å². The summed E-state index contributed by atoms with van der Waals surface area (Å²) in [5.41, 5.74) is 9.44. The number of nitriles is 1. The normalized spacial score (nSPS) is 9.90. The lowest BCUT2D eigenvalue weighted by molar-refractivity contribution is 0.0600. The average Bonchev–Trinajstić information content (AvgIpc) is 2.53. The van der Waals surface area contributed by atoms with Gasteiger partial charge in [-0.3, -0.25) is 0 Å². The van der Waals surface area contributed by atoms with Crippen molar-refractivity contribution in [1.82, 2.24) is 0 Å². The molecule has 0 fully saturated rings. The van der Waals surface area contributed by atoms with Crippen molar-refractivity contribution in [2.75, 3.05) is 12.8 Å². The second kappa shape index (κ2) is 6.58. The molecule has 0 aliphatic rings. The van der Waals surface area contributed by atoms with Gasteiger partial charge in [0.15, 0.2) is 0 Å². The molecule has 4 nitrogen and oxygen atoms in total. The first-order valence-electron chi connectivity index (χ1n) is 6.60. The molecule has 0 unspecified atom stereocenters. The number of carbonyl (C=O) groups excluding carboxylic acids is 1. The van der Waals surface area contributed by atoms with Crippen molar-refractivity contribution in [2.24, 2.45) is 0 Å². The molecular weight excluding hydrogens is 264 g/mol. The van der Waals surface area contributed by atoms with E-state index >= 15 is 0 Å². The molecule has 0 aromatic heterocycles. The summed E-state index contributed by atoms with van der Waals surface area (Å²) in [4.78, 5) is 11.3. The van der Waals surface area contributed by atoms with Gasteiger partial charge in [-0.15, -0.1) is 0 Å². The molecule has 2 N–H and O–H groups in total. The van der Waals surface area contributed by atoms with Crippen LogP contribution in [-0.4, -0.2) is 13.1 Å². The molecule has 21 heavy (non-hydrogen) atoms. The second-order valence-corrected chi connectivity index (χ2v) is 4.72. The van der Waals surface area contributed by atoms with Gasteiger partial charge in [0.1, 0.15) is 6.07 Å². The summed E-state index contributed by atoms with van der Waals surface area (Å²) >= 11 is 0. The molecule has 0 spiro atoms. The molecule has 0 aliphatic heterocycles. The summed E-state index contributed by atoms with van der Waals surface area (Å²) in [6.07, 6.45) is 1.64. The fourth-order valence-corrected chi connectivity index (χ4v) is 2.07. The van der Waals surface area contributed by atoms with Crippen molar-refractivity contribution in [1.29, 1.82) is 5.26 Å². The lowest BCUT2D eigenvalue weighted by atomic mass is 10.0. The number of esters is 1. The lowest BCUT2D eigenvalue weighted by Crippen LogP contribution is -2.01. The standard InChI is InChI=1S/C17H16N2O2/c1-21-17(20)14-7-4-12(5-8-14)2-3-13-6-9-16(19)15(10-13)11-18/h4-10H,2-3,19H2,1H3. The van der Waals surface area contributed by atoms with Gasteiger partial charge in [-0.2, -0.15) is 5.26 Å². The monoisotopic (exact) mass is 280 g/mol. The van der Waals surface area contributed by atoms with Crippen LogP contribution in [0.15, 0.2) is 42.5 Å².